The molecule has 0 radical (unpaired) electrons. The van der Waals surface area contributed by atoms with Gasteiger partial charge in [0, 0.05) is 0 Å². The van der Waals surface area contributed by atoms with Gasteiger partial charge in [0.15, 0.2) is 0 Å². The largest absolute Gasteiger partial charge is 0.481 e. The SMILES string of the molecule is CCCC(NC(=O)[C@@H](NC(=O)OCc1ccccc1)C(Cc1ccccc1)C(=O)O)C(N)=O. The molecule has 2 rings (SSSR count). The summed E-state index contributed by atoms with van der Waals surface area (Å²) in [5.41, 5.74) is 6.76. The standard InChI is InChI=1S/C24H29N3O6/c1-2-9-19(21(25)28)26-22(29)20(18(23(30)31)14-16-10-5-3-6-11-16)27-24(32)33-15-17-12-7-4-8-13-17/h3-8,10-13,18-20H,2,9,14-15H2,1H3,(H2,25,28)(H,26,29)(H,27,32)(H,30,31)/t18?,19?,20-/m0/s1. The van der Waals surface area contributed by atoms with E-state index in [1.807, 2.05) is 13.0 Å². The van der Waals surface area contributed by atoms with Crippen molar-refractivity contribution in [3.63, 3.8) is 0 Å². The molecule has 2 unspecified atom stereocenters. The van der Waals surface area contributed by atoms with Crippen molar-refractivity contribution in [1.29, 1.82) is 0 Å². The van der Waals surface area contributed by atoms with E-state index in [1.165, 1.54) is 0 Å². The van der Waals surface area contributed by atoms with Gasteiger partial charge in [-0.15, -0.1) is 0 Å². The predicted octanol–water partition coefficient (Wildman–Crippen LogP) is 2.00. The molecule has 0 saturated heterocycles. The lowest BCUT2D eigenvalue weighted by molar-refractivity contribution is -0.145. The molecule has 9 nitrogen and oxygen atoms in total. The third-order valence-corrected chi connectivity index (χ3v) is 5.02. The Morgan fingerprint density at radius 1 is 0.939 bits per heavy atom. The molecule has 0 aliphatic rings. The first-order valence-corrected chi connectivity index (χ1v) is 10.7. The topological polar surface area (TPSA) is 148 Å². The van der Waals surface area contributed by atoms with Gasteiger partial charge in [-0.1, -0.05) is 74.0 Å². The van der Waals surface area contributed by atoms with Crippen LogP contribution in [0.25, 0.3) is 0 Å². The van der Waals surface area contributed by atoms with Gasteiger partial charge in [0.2, 0.25) is 11.8 Å². The zero-order valence-electron chi connectivity index (χ0n) is 18.4. The highest BCUT2D eigenvalue weighted by atomic mass is 16.5. The summed E-state index contributed by atoms with van der Waals surface area (Å²) >= 11 is 0. The van der Waals surface area contributed by atoms with Gasteiger partial charge in [0.25, 0.3) is 0 Å². The van der Waals surface area contributed by atoms with Crippen LogP contribution in [0.1, 0.15) is 30.9 Å². The molecule has 0 aliphatic carbocycles. The average Bonchev–Trinajstić information content (AvgIpc) is 2.80. The van der Waals surface area contributed by atoms with Gasteiger partial charge < -0.3 is 26.2 Å². The van der Waals surface area contributed by atoms with E-state index in [2.05, 4.69) is 10.6 Å². The van der Waals surface area contributed by atoms with Crippen LogP contribution in [0.5, 0.6) is 0 Å². The number of carboxylic acid groups (broad SMARTS) is 1. The Morgan fingerprint density at radius 2 is 1.52 bits per heavy atom. The molecular formula is C24H29N3O6. The number of amides is 3. The van der Waals surface area contributed by atoms with Crippen LogP contribution in [0.4, 0.5) is 4.79 Å². The highest BCUT2D eigenvalue weighted by Crippen LogP contribution is 2.15. The molecular weight excluding hydrogens is 426 g/mol. The van der Waals surface area contributed by atoms with Crippen LogP contribution in [-0.4, -0.2) is 41.1 Å². The summed E-state index contributed by atoms with van der Waals surface area (Å²) < 4.78 is 5.17. The zero-order chi connectivity index (χ0) is 24.2. The van der Waals surface area contributed by atoms with Crippen molar-refractivity contribution in [3.8, 4) is 0 Å². The van der Waals surface area contributed by atoms with Gasteiger partial charge in [0.1, 0.15) is 18.7 Å². The molecule has 2 aromatic carbocycles. The number of rotatable bonds is 12. The summed E-state index contributed by atoms with van der Waals surface area (Å²) in [4.78, 5) is 49.3. The minimum Gasteiger partial charge on any atom is -0.481 e. The molecule has 3 amide bonds. The van der Waals surface area contributed by atoms with E-state index in [1.54, 1.807) is 54.6 Å². The summed E-state index contributed by atoms with van der Waals surface area (Å²) in [5.74, 6) is -4.17. The molecule has 9 heteroatoms. The highest BCUT2D eigenvalue weighted by molar-refractivity contribution is 5.93. The maximum absolute atomic E-state index is 13.0. The molecule has 176 valence electrons. The zero-order valence-corrected chi connectivity index (χ0v) is 18.4. The Hall–Kier alpha value is -3.88. The molecule has 2 aromatic rings. The maximum Gasteiger partial charge on any atom is 0.408 e. The van der Waals surface area contributed by atoms with Crippen LogP contribution in [-0.2, 0) is 32.1 Å². The fourth-order valence-corrected chi connectivity index (χ4v) is 3.29. The fraction of sp³-hybridized carbons (Fsp3) is 0.333. The van der Waals surface area contributed by atoms with Gasteiger partial charge in [-0.05, 0) is 24.0 Å². The first-order valence-electron chi connectivity index (χ1n) is 10.7. The molecule has 5 N–H and O–H groups in total. The summed E-state index contributed by atoms with van der Waals surface area (Å²) in [5, 5.41) is 14.7. The maximum atomic E-state index is 13.0. The van der Waals surface area contributed by atoms with E-state index < -0.39 is 41.9 Å². The first kappa shape index (κ1) is 25.4. The number of hydrogen-bond acceptors (Lipinski definition) is 5. The minimum absolute atomic E-state index is 0.0256. The second-order valence-corrected chi connectivity index (χ2v) is 7.57. The van der Waals surface area contributed by atoms with Gasteiger partial charge in [-0.25, -0.2) is 4.79 Å². The van der Waals surface area contributed by atoms with Crippen molar-refractivity contribution in [2.45, 2.75) is 44.9 Å². The van der Waals surface area contributed by atoms with Gasteiger partial charge in [0.05, 0.1) is 5.92 Å². The summed E-state index contributed by atoms with van der Waals surface area (Å²) in [7, 11) is 0. The second-order valence-electron chi connectivity index (χ2n) is 7.57. The fourth-order valence-electron chi connectivity index (χ4n) is 3.29. The third-order valence-electron chi connectivity index (χ3n) is 5.02. The number of ether oxygens (including phenoxy) is 1. The monoisotopic (exact) mass is 455 g/mol. The second kappa shape index (κ2) is 12.8. The molecule has 0 aromatic heterocycles. The first-order chi connectivity index (χ1) is 15.8. The van der Waals surface area contributed by atoms with Crippen LogP contribution in [0.2, 0.25) is 0 Å². The minimum atomic E-state index is -1.50. The van der Waals surface area contributed by atoms with Crippen molar-refractivity contribution in [2.24, 2.45) is 11.7 Å². The number of carbonyl (C=O) groups is 4. The number of primary amides is 1. The summed E-state index contributed by atoms with van der Waals surface area (Å²) in [6.07, 6.45) is -0.132. The number of hydrogen-bond donors (Lipinski definition) is 4. The molecule has 0 fully saturated rings. The van der Waals surface area contributed by atoms with Crippen LogP contribution < -0.4 is 16.4 Å². The van der Waals surface area contributed by atoms with Gasteiger partial charge in [-0.2, -0.15) is 0 Å². The molecule has 3 atom stereocenters. The average molecular weight is 456 g/mol. The summed E-state index contributed by atoms with van der Waals surface area (Å²) in [6, 6.07) is 15.1. The Kier molecular flexibility index (Phi) is 9.88. The third kappa shape index (κ3) is 8.29. The van der Waals surface area contributed by atoms with Crippen LogP contribution in [0.3, 0.4) is 0 Å². The van der Waals surface area contributed by atoms with Crippen LogP contribution >= 0.6 is 0 Å². The smallest absolute Gasteiger partial charge is 0.408 e. The Balaban J connectivity index is 2.22. The van der Waals surface area contributed by atoms with Gasteiger partial charge >= 0.3 is 12.1 Å². The molecule has 33 heavy (non-hydrogen) atoms. The van der Waals surface area contributed by atoms with E-state index in [0.29, 0.717) is 12.0 Å². The van der Waals surface area contributed by atoms with E-state index in [9.17, 15) is 24.3 Å². The predicted molar refractivity (Wildman–Crippen MR) is 121 cm³/mol. The molecule has 0 saturated carbocycles. The van der Waals surface area contributed by atoms with Gasteiger partial charge in [-0.3, -0.25) is 14.4 Å². The number of carbonyl (C=O) groups excluding carboxylic acids is 3. The highest BCUT2D eigenvalue weighted by Gasteiger charge is 2.37. The van der Waals surface area contributed by atoms with E-state index in [0.717, 1.165) is 5.56 Å². The Morgan fingerprint density at radius 3 is 2.03 bits per heavy atom. The number of carboxylic acids is 1. The number of benzene rings is 2. The normalized spacial score (nSPS) is 13.2. The van der Waals surface area contributed by atoms with Crippen molar-refractivity contribution >= 4 is 23.9 Å². The van der Waals surface area contributed by atoms with E-state index >= 15 is 0 Å². The van der Waals surface area contributed by atoms with E-state index in [-0.39, 0.29) is 19.4 Å². The quantitative estimate of drug-likeness (QED) is 0.385. The van der Waals surface area contributed by atoms with Crippen molar-refractivity contribution in [1.82, 2.24) is 10.6 Å². The van der Waals surface area contributed by atoms with Crippen LogP contribution in [0, 0.1) is 5.92 Å². The molecule has 0 spiro atoms. The Labute approximate surface area is 192 Å². The lowest BCUT2D eigenvalue weighted by Gasteiger charge is -2.26. The molecule has 0 heterocycles. The number of aliphatic carboxylic acids is 1. The van der Waals surface area contributed by atoms with E-state index in [4.69, 9.17) is 10.5 Å². The lowest BCUT2D eigenvalue weighted by atomic mass is 9.91. The number of alkyl carbamates (subject to hydrolysis) is 1. The van der Waals surface area contributed by atoms with Crippen molar-refractivity contribution in [2.75, 3.05) is 0 Å². The van der Waals surface area contributed by atoms with Crippen molar-refractivity contribution < 1.29 is 29.0 Å². The molecule has 0 bridgehead atoms. The Bertz CT molecular complexity index is 936. The summed E-state index contributed by atoms with van der Waals surface area (Å²) in [6.45, 7) is 1.76. The van der Waals surface area contributed by atoms with Crippen molar-refractivity contribution in [3.05, 3.63) is 71.8 Å². The molecule has 0 aliphatic heterocycles. The number of nitrogens with one attached hydrogen (secondary N) is 2. The number of nitrogens with two attached hydrogens (primary N) is 1. The van der Waals surface area contributed by atoms with Crippen LogP contribution in [0.15, 0.2) is 60.7 Å². The lowest BCUT2D eigenvalue weighted by Crippen LogP contribution is -2.57.